The predicted octanol–water partition coefficient (Wildman–Crippen LogP) is 4.45. The van der Waals surface area contributed by atoms with Gasteiger partial charge in [-0.3, -0.25) is 0 Å². The number of carbonyl (C=O) groups is 1. The first-order valence-corrected chi connectivity index (χ1v) is 10.4. The third kappa shape index (κ3) is 4.11. The van der Waals surface area contributed by atoms with Crippen molar-refractivity contribution in [3.63, 3.8) is 0 Å². The van der Waals surface area contributed by atoms with Crippen molar-refractivity contribution in [1.29, 1.82) is 0 Å². The number of esters is 1. The van der Waals surface area contributed by atoms with Crippen LogP contribution in [-0.4, -0.2) is 36.5 Å². The topological polar surface area (TPSA) is 56.1 Å². The number of nitrogens with zero attached hydrogens (tertiary/aromatic N) is 2. The molecule has 1 aliphatic heterocycles. The second kappa shape index (κ2) is 9.32. The molecule has 3 aromatic rings. The molecule has 0 spiro atoms. The molecule has 146 valence electrons. The third-order valence-electron chi connectivity index (χ3n) is 4.04. The van der Waals surface area contributed by atoms with E-state index in [9.17, 15) is 4.79 Å². The van der Waals surface area contributed by atoms with Crippen molar-refractivity contribution in [2.24, 2.45) is 0 Å². The van der Waals surface area contributed by atoms with Crippen molar-refractivity contribution >= 4 is 30.4 Å². The van der Waals surface area contributed by atoms with Crippen molar-refractivity contribution in [1.82, 2.24) is 15.1 Å². The van der Waals surface area contributed by atoms with Crippen LogP contribution in [0.2, 0.25) is 0 Å². The number of rotatable bonds is 3. The summed E-state index contributed by atoms with van der Waals surface area (Å²) >= 11 is 6.15. The number of carbonyl (C=O) groups excluding carboxylic acids is 1. The number of fused-ring (bicyclic) bond motifs is 3. The number of aromatic nitrogens is 2. The Bertz CT molecular complexity index is 986. The predicted molar refractivity (Wildman–Crippen MR) is 117 cm³/mol. The second-order valence-corrected chi connectivity index (χ2v) is 7.65. The van der Waals surface area contributed by atoms with E-state index in [-0.39, 0.29) is 5.97 Å². The zero-order chi connectivity index (χ0) is 20.1. The Morgan fingerprint density at radius 3 is 2.71 bits per heavy atom. The number of thioether (sulfide) groups is 1. The molecule has 0 saturated carbocycles. The van der Waals surface area contributed by atoms with Crippen molar-refractivity contribution < 1.29 is 9.53 Å². The van der Waals surface area contributed by atoms with Gasteiger partial charge < -0.3 is 10.1 Å². The van der Waals surface area contributed by atoms with Crippen molar-refractivity contribution in [3.05, 3.63) is 59.8 Å². The van der Waals surface area contributed by atoms with Crippen LogP contribution in [0.1, 0.15) is 23.0 Å². The molecule has 4 rings (SSSR count). The van der Waals surface area contributed by atoms with Gasteiger partial charge in [-0.05, 0) is 45.3 Å². The zero-order valence-corrected chi connectivity index (χ0v) is 17.8. The monoisotopic (exact) mass is 413 g/mol. The summed E-state index contributed by atoms with van der Waals surface area (Å²) in [6.45, 7) is 2.13. The van der Waals surface area contributed by atoms with E-state index in [4.69, 9.17) is 4.74 Å². The van der Waals surface area contributed by atoms with Crippen LogP contribution in [-0.2, 0) is 10.5 Å². The smallest absolute Gasteiger partial charge is 0.359 e. The summed E-state index contributed by atoms with van der Waals surface area (Å²) in [6, 6.07) is 15.9. The van der Waals surface area contributed by atoms with E-state index in [1.54, 1.807) is 18.7 Å². The van der Waals surface area contributed by atoms with Gasteiger partial charge >= 0.3 is 5.97 Å². The number of ether oxygens (including phenoxy) is 1. The lowest BCUT2D eigenvalue weighted by Crippen LogP contribution is -2.08. The molecule has 0 saturated heterocycles. The Balaban J connectivity index is 0.000000706. The molecule has 2 heterocycles. The highest BCUT2D eigenvalue weighted by atomic mass is 32.2. The zero-order valence-electron chi connectivity index (χ0n) is 16.1. The summed E-state index contributed by atoms with van der Waals surface area (Å²) in [5.74, 6) is 0.320. The lowest BCUT2D eigenvalue weighted by Gasteiger charge is -2.18. The number of hydrogen-bond acceptors (Lipinski definition) is 6. The minimum Gasteiger partial charge on any atom is -0.461 e. The largest absolute Gasteiger partial charge is 0.461 e. The Labute approximate surface area is 174 Å². The van der Waals surface area contributed by atoms with E-state index in [2.05, 4.69) is 35.2 Å². The maximum atomic E-state index is 12.4. The van der Waals surface area contributed by atoms with Crippen molar-refractivity contribution in [3.8, 4) is 16.9 Å². The van der Waals surface area contributed by atoms with Crippen LogP contribution in [0, 0.1) is 0 Å². The molecule has 7 heteroatoms. The summed E-state index contributed by atoms with van der Waals surface area (Å²) in [4.78, 5) is 14.5. The van der Waals surface area contributed by atoms with Crippen LogP contribution >= 0.6 is 24.4 Å². The first kappa shape index (κ1) is 20.5. The normalized spacial score (nSPS) is 11.7. The van der Waals surface area contributed by atoms with E-state index in [1.807, 2.05) is 55.2 Å². The van der Waals surface area contributed by atoms with Gasteiger partial charge in [-0.2, -0.15) is 5.10 Å². The van der Waals surface area contributed by atoms with Crippen LogP contribution in [0.5, 0.6) is 0 Å². The second-order valence-electron chi connectivity index (χ2n) is 6.11. The van der Waals surface area contributed by atoms with Gasteiger partial charge in [-0.15, -0.1) is 24.4 Å². The SMILES string of the molecule is CCOC(=O)c1nn(-c2cccc(S)c2)c2c1CSc1ccccc1-2.CNC. The van der Waals surface area contributed by atoms with Crippen LogP contribution in [0.3, 0.4) is 0 Å². The van der Waals surface area contributed by atoms with Crippen molar-refractivity contribution in [2.45, 2.75) is 22.5 Å². The summed E-state index contributed by atoms with van der Waals surface area (Å²) in [5, 5.41) is 7.37. The molecule has 0 atom stereocenters. The molecule has 2 aromatic carbocycles. The maximum absolute atomic E-state index is 12.4. The highest BCUT2D eigenvalue weighted by molar-refractivity contribution is 7.98. The van der Waals surface area contributed by atoms with Crippen molar-refractivity contribution in [2.75, 3.05) is 20.7 Å². The van der Waals surface area contributed by atoms with Gasteiger partial charge in [0.15, 0.2) is 5.69 Å². The van der Waals surface area contributed by atoms with E-state index in [0.29, 0.717) is 18.1 Å². The van der Waals surface area contributed by atoms with E-state index in [1.165, 1.54) is 4.90 Å². The van der Waals surface area contributed by atoms with Crippen LogP contribution in [0.4, 0.5) is 0 Å². The molecule has 0 unspecified atom stereocenters. The van der Waals surface area contributed by atoms with Crippen LogP contribution in [0.15, 0.2) is 58.3 Å². The summed E-state index contributed by atoms with van der Waals surface area (Å²) in [7, 11) is 3.75. The molecule has 28 heavy (non-hydrogen) atoms. The molecule has 1 aromatic heterocycles. The van der Waals surface area contributed by atoms with Gasteiger partial charge in [0.05, 0.1) is 18.0 Å². The first-order chi connectivity index (χ1) is 13.6. The van der Waals surface area contributed by atoms with Gasteiger partial charge in [0.1, 0.15) is 0 Å². The highest BCUT2D eigenvalue weighted by Crippen LogP contribution is 2.43. The fourth-order valence-electron chi connectivity index (χ4n) is 2.98. The number of benzene rings is 2. The number of thiol groups is 1. The molecule has 0 bridgehead atoms. The minimum absolute atomic E-state index is 0.330. The summed E-state index contributed by atoms with van der Waals surface area (Å²) in [6.07, 6.45) is 0. The average Bonchev–Trinajstić information content (AvgIpc) is 3.09. The van der Waals surface area contributed by atoms with Gasteiger partial charge in [-0.1, -0.05) is 24.3 Å². The third-order valence-corrected chi connectivity index (χ3v) is 5.42. The molecule has 0 aliphatic carbocycles. The van der Waals surface area contributed by atoms with Crippen LogP contribution < -0.4 is 5.32 Å². The Kier molecular flexibility index (Phi) is 6.83. The molecule has 0 fully saturated rings. The molecule has 0 amide bonds. The number of nitrogens with one attached hydrogen (secondary N) is 1. The molecule has 1 aliphatic rings. The van der Waals surface area contributed by atoms with E-state index < -0.39 is 0 Å². The molecule has 5 nitrogen and oxygen atoms in total. The van der Waals surface area contributed by atoms with Gasteiger partial charge in [-0.25, -0.2) is 9.48 Å². The summed E-state index contributed by atoms with van der Waals surface area (Å²) in [5.41, 5.74) is 4.23. The lowest BCUT2D eigenvalue weighted by molar-refractivity contribution is 0.0518. The quantitative estimate of drug-likeness (QED) is 0.491. The van der Waals surface area contributed by atoms with E-state index >= 15 is 0 Å². The molecule has 1 N–H and O–H groups in total. The standard InChI is InChI=1S/C19H16N2O2S2.C2H7N/c1-2-23-19(22)17-15-11-25-16-9-4-3-8-14(16)18(15)21(20-17)12-6-5-7-13(24)10-12;1-3-2/h3-10,24H,2,11H2,1H3;3H,1-2H3. The fraction of sp³-hybridized carbons (Fsp3) is 0.238. The lowest BCUT2D eigenvalue weighted by atomic mass is 10.1. The molecular formula is C21H23N3O2S2. The highest BCUT2D eigenvalue weighted by Gasteiger charge is 2.29. The van der Waals surface area contributed by atoms with Gasteiger partial charge in [0.2, 0.25) is 0 Å². The average molecular weight is 414 g/mol. The Morgan fingerprint density at radius 1 is 1.25 bits per heavy atom. The molecular weight excluding hydrogens is 390 g/mol. The van der Waals surface area contributed by atoms with Gasteiger partial charge in [0.25, 0.3) is 0 Å². The Morgan fingerprint density at radius 2 is 2.00 bits per heavy atom. The summed E-state index contributed by atoms with van der Waals surface area (Å²) < 4.78 is 7.05. The Hall–Kier alpha value is -2.22. The maximum Gasteiger partial charge on any atom is 0.359 e. The fourth-order valence-corrected chi connectivity index (χ4v) is 4.26. The van der Waals surface area contributed by atoms with Gasteiger partial charge in [0, 0.05) is 26.7 Å². The number of hydrogen-bond donors (Lipinski definition) is 2. The minimum atomic E-state index is -0.375. The van der Waals surface area contributed by atoms with Crippen LogP contribution in [0.25, 0.3) is 16.9 Å². The first-order valence-electron chi connectivity index (χ1n) is 8.99. The van der Waals surface area contributed by atoms with E-state index in [0.717, 1.165) is 27.4 Å². The molecule has 0 radical (unpaired) electrons.